The van der Waals surface area contributed by atoms with Crippen LogP contribution in [0, 0.1) is 12.8 Å². The van der Waals surface area contributed by atoms with E-state index in [0.717, 1.165) is 11.3 Å². The van der Waals surface area contributed by atoms with Gasteiger partial charge in [0.1, 0.15) is 0 Å². The lowest BCUT2D eigenvalue weighted by atomic mass is 10.0. The summed E-state index contributed by atoms with van der Waals surface area (Å²) in [6, 6.07) is 23.8. The molecule has 2 amide bonds. The zero-order valence-electron chi connectivity index (χ0n) is 23.0. The first-order valence-corrected chi connectivity index (χ1v) is 14.1. The number of amides is 2. The van der Waals surface area contributed by atoms with E-state index in [2.05, 4.69) is 31.1 Å². The van der Waals surface area contributed by atoms with E-state index in [0.29, 0.717) is 34.5 Å². The highest BCUT2D eigenvalue weighted by molar-refractivity contribution is 7.99. The second kappa shape index (κ2) is 13.7. The number of nitrogens with zero attached hydrogens (tertiary/aromatic N) is 5. The van der Waals surface area contributed by atoms with Crippen LogP contribution in [0.25, 0.3) is 0 Å². The summed E-state index contributed by atoms with van der Waals surface area (Å²) in [6.07, 6.45) is 0. The van der Waals surface area contributed by atoms with Gasteiger partial charge in [0.25, 0.3) is 5.91 Å². The molecule has 0 aliphatic carbocycles. The van der Waals surface area contributed by atoms with Crippen LogP contribution in [0.3, 0.4) is 0 Å². The van der Waals surface area contributed by atoms with Crippen LogP contribution in [0.2, 0.25) is 0 Å². The molecule has 206 valence electrons. The fourth-order valence-corrected chi connectivity index (χ4v) is 4.83. The van der Waals surface area contributed by atoms with Crippen LogP contribution < -0.4 is 10.6 Å². The Kier molecular flexibility index (Phi) is 9.80. The van der Waals surface area contributed by atoms with E-state index in [9.17, 15) is 9.59 Å². The second-order valence-corrected chi connectivity index (χ2v) is 10.5. The fraction of sp³-hybridized carbons (Fsp3) is 0.267. The van der Waals surface area contributed by atoms with Crippen LogP contribution in [0.15, 0.2) is 94.2 Å². The first-order chi connectivity index (χ1) is 19.3. The SMILES string of the molecule is CCn1c(SCC(=O)Nc2ccc(N=Nc3ccccc3)cc2)nnc1[C@@H](NC(=O)c1cccc(C)c1)C(C)C. The van der Waals surface area contributed by atoms with Crippen molar-refractivity contribution in [3.05, 3.63) is 95.8 Å². The Labute approximate surface area is 238 Å². The Hall–Kier alpha value is -4.31. The third-order valence-corrected chi connectivity index (χ3v) is 7.06. The van der Waals surface area contributed by atoms with Crippen LogP contribution in [0.1, 0.15) is 48.6 Å². The van der Waals surface area contributed by atoms with Crippen LogP contribution in [0.5, 0.6) is 0 Å². The maximum atomic E-state index is 13.0. The highest BCUT2D eigenvalue weighted by Crippen LogP contribution is 2.26. The lowest BCUT2D eigenvalue weighted by molar-refractivity contribution is -0.113. The molecule has 1 heterocycles. The minimum atomic E-state index is -0.332. The van der Waals surface area contributed by atoms with Crippen LogP contribution in [0.4, 0.5) is 17.1 Å². The van der Waals surface area contributed by atoms with Crippen LogP contribution >= 0.6 is 11.8 Å². The number of hydrogen-bond acceptors (Lipinski definition) is 7. The van der Waals surface area contributed by atoms with Gasteiger partial charge in [0, 0.05) is 17.8 Å². The fourth-order valence-electron chi connectivity index (χ4n) is 4.02. The Balaban J connectivity index is 1.36. The molecule has 0 bridgehead atoms. The van der Waals surface area contributed by atoms with Crippen molar-refractivity contribution in [2.45, 2.75) is 45.4 Å². The van der Waals surface area contributed by atoms with Gasteiger partial charge in [0.05, 0.1) is 23.2 Å². The normalized spacial score (nSPS) is 12.0. The number of carbonyl (C=O) groups excluding carboxylic acids is 2. The molecule has 0 fully saturated rings. The van der Waals surface area contributed by atoms with Gasteiger partial charge in [-0.15, -0.1) is 10.2 Å². The Bertz CT molecular complexity index is 1470. The van der Waals surface area contributed by atoms with Crippen molar-refractivity contribution in [3.8, 4) is 0 Å². The van der Waals surface area contributed by atoms with Crippen molar-refractivity contribution in [2.24, 2.45) is 16.1 Å². The maximum absolute atomic E-state index is 13.0. The number of benzene rings is 3. The molecule has 2 N–H and O–H groups in total. The zero-order chi connectivity index (χ0) is 28.5. The molecule has 10 heteroatoms. The first-order valence-electron chi connectivity index (χ1n) is 13.1. The minimum absolute atomic E-state index is 0.0830. The molecule has 3 aromatic carbocycles. The molecule has 0 spiro atoms. The van der Waals surface area contributed by atoms with Crippen LogP contribution in [-0.4, -0.2) is 32.3 Å². The summed E-state index contributed by atoms with van der Waals surface area (Å²) in [5.41, 5.74) is 3.75. The van der Waals surface area contributed by atoms with Gasteiger partial charge in [-0.2, -0.15) is 10.2 Å². The number of rotatable bonds is 11. The van der Waals surface area contributed by atoms with Gasteiger partial charge in [0.15, 0.2) is 11.0 Å². The van der Waals surface area contributed by atoms with Crippen molar-refractivity contribution in [1.82, 2.24) is 20.1 Å². The average molecular weight is 556 g/mol. The third-order valence-electron chi connectivity index (χ3n) is 6.09. The molecular formula is C30H33N7O2S. The molecule has 0 aliphatic heterocycles. The largest absolute Gasteiger partial charge is 0.342 e. The highest BCUT2D eigenvalue weighted by atomic mass is 32.2. The monoisotopic (exact) mass is 555 g/mol. The topological polar surface area (TPSA) is 114 Å². The van der Waals surface area contributed by atoms with Crippen molar-refractivity contribution in [3.63, 3.8) is 0 Å². The van der Waals surface area contributed by atoms with Gasteiger partial charge in [-0.05, 0) is 68.3 Å². The summed E-state index contributed by atoms with van der Waals surface area (Å²) in [5.74, 6) is 0.592. The minimum Gasteiger partial charge on any atom is -0.342 e. The Morgan fingerprint density at radius 3 is 2.27 bits per heavy atom. The van der Waals surface area contributed by atoms with Crippen molar-refractivity contribution >= 4 is 40.6 Å². The van der Waals surface area contributed by atoms with Crippen LogP contribution in [-0.2, 0) is 11.3 Å². The molecule has 0 saturated carbocycles. The predicted octanol–water partition coefficient (Wildman–Crippen LogP) is 6.88. The molecule has 0 aliphatic rings. The number of anilines is 1. The number of aromatic nitrogens is 3. The Morgan fingerprint density at radius 2 is 1.62 bits per heavy atom. The molecule has 9 nitrogen and oxygen atoms in total. The second-order valence-electron chi connectivity index (χ2n) is 9.57. The van der Waals surface area contributed by atoms with Gasteiger partial charge in [-0.1, -0.05) is 61.5 Å². The van der Waals surface area contributed by atoms with Gasteiger partial charge < -0.3 is 15.2 Å². The number of nitrogens with one attached hydrogen (secondary N) is 2. The quantitative estimate of drug-likeness (QED) is 0.155. The van der Waals surface area contributed by atoms with E-state index in [4.69, 9.17) is 0 Å². The number of aryl methyl sites for hydroxylation is 1. The van der Waals surface area contributed by atoms with E-state index >= 15 is 0 Å². The van der Waals surface area contributed by atoms with E-state index in [-0.39, 0.29) is 29.5 Å². The van der Waals surface area contributed by atoms with E-state index in [1.165, 1.54) is 11.8 Å². The van der Waals surface area contributed by atoms with Gasteiger partial charge in [-0.25, -0.2) is 0 Å². The molecule has 0 unspecified atom stereocenters. The maximum Gasteiger partial charge on any atom is 0.251 e. The number of hydrogen-bond donors (Lipinski definition) is 2. The lowest BCUT2D eigenvalue weighted by Gasteiger charge is -2.22. The molecule has 4 rings (SSSR count). The smallest absolute Gasteiger partial charge is 0.251 e. The summed E-state index contributed by atoms with van der Waals surface area (Å²) in [7, 11) is 0. The van der Waals surface area contributed by atoms with Crippen molar-refractivity contribution < 1.29 is 9.59 Å². The van der Waals surface area contributed by atoms with E-state index < -0.39 is 0 Å². The average Bonchev–Trinajstić information content (AvgIpc) is 3.37. The number of carbonyl (C=O) groups is 2. The molecular weight excluding hydrogens is 522 g/mol. The standard InChI is InChI=1S/C30H33N7O2S/c1-5-37-28(27(20(2)3)32-29(39)22-11-9-10-21(4)18-22)35-36-30(37)40-19-26(38)31-23-14-16-25(17-15-23)34-33-24-12-7-6-8-13-24/h6-18,20,27H,5,19H2,1-4H3,(H,31,38)(H,32,39)/t27-/m0/s1. The van der Waals surface area contributed by atoms with Crippen molar-refractivity contribution in [1.29, 1.82) is 0 Å². The van der Waals surface area contributed by atoms with Crippen molar-refractivity contribution in [2.75, 3.05) is 11.1 Å². The molecule has 1 atom stereocenters. The summed E-state index contributed by atoms with van der Waals surface area (Å²) in [6.45, 7) is 8.62. The molecule has 0 saturated heterocycles. The number of thioether (sulfide) groups is 1. The summed E-state index contributed by atoms with van der Waals surface area (Å²) in [5, 5.41) is 23.8. The zero-order valence-corrected chi connectivity index (χ0v) is 23.9. The first kappa shape index (κ1) is 28.7. The molecule has 0 radical (unpaired) electrons. The lowest BCUT2D eigenvalue weighted by Crippen LogP contribution is -2.33. The summed E-state index contributed by atoms with van der Waals surface area (Å²) >= 11 is 1.31. The Morgan fingerprint density at radius 1 is 0.925 bits per heavy atom. The summed E-state index contributed by atoms with van der Waals surface area (Å²) in [4.78, 5) is 25.6. The van der Waals surface area contributed by atoms with Gasteiger partial charge in [-0.3, -0.25) is 9.59 Å². The van der Waals surface area contributed by atoms with E-state index in [1.54, 1.807) is 30.3 Å². The summed E-state index contributed by atoms with van der Waals surface area (Å²) < 4.78 is 1.95. The predicted molar refractivity (Wildman–Crippen MR) is 158 cm³/mol. The molecule has 4 aromatic rings. The number of azo groups is 1. The molecule has 40 heavy (non-hydrogen) atoms. The van der Waals surface area contributed by atoms with Gasteiger partial charge in [0.2, 0.25) is 5.91 Å². The third kappa shape index (κ3) is 7.63. The van der Waals surface area contributed by atoms with Gasteiger partial charge >= 0.3 is 0 Å². The highest BCUT2D eigenvalue weighted by Gasteiger charge is 2.26. The van der Waals surface area contributed by atoms with E-state index in [1.807, 2.05) is 80.8 Å². The molecule has 1 aromatic heterocycles.